The first-order chi connectivity index (χ1) is 10.0. The van der Waals surface area contributed by atoms with Crippen LogP contribution in [0.2, 0.25) is 0 Å². The quantitative estimate of drug-likeness (QED) is 0.868. The normalized spacial score (nSPS) is 15.1. The highest BCUT2D eigenvalue weighted by Crippen LogP contribution is 2.21. The van der Waals surface area contributed by atoms with E-state index in [1.54, 1.807) is 36.2 Å². The smallest absolute Gasteiger partial charge is 0.256 e. The summed E-state index contributed by atoms with van der Waals surface area (Å²) < 4.78 is 0. The van der Waals surface area contributed by atoms with Crippen molar-refractivity contribution in [1.29, 1.82) is 0 Å². The molecule has 0 spiro atoms. The average molecular weight is 289 g/mol. The number of hydrogen-bond donors (Lipinski definition) is 1. The highest BCUT2D eigenvalue weighted by atomic mass is 16.2. The molecule has 0 bridgehead atoms. The number of para-hydroxylation sites is 1. The minimum atomic E-state index is -0.157. The van der Waals surface area contributed by atoms with Crippen molar-refractivity contribution in [2.24, 2.45) is 0 Å². The minimum Gasteiger partial charge on any atom is -0.354 e. The maximum absolute atomic E-state index is 12.7. The Labute approximate surface area is 123 Å². The SMILES string of the molecule is CC(=O)N(C)c1ccccc1C(=O)N1CCNC(=O)CC1. The number of benzene rings is 1. The van der Waals surface area contributed by atoms with Crippen molar-refractivity contribution in [2.75, 3.05) is 31.6 Å². The van der Waals surface area contributed by atoms with E-state index in [0.717, 1.165) is 0 Å². The summed E-state index contributed by atoms with van der Waals surface area (Å²) in [6, 6.07) is 7.01. The maximum atomic E-state index is 12.7. The molecule has 1 aromatic carbocycles. The fraction of sp³-hybridized carbons (Fsp3) is 0.400. The molecule has 6 heteroatoms. The second kappa shape index (κ2) is 6.39. The zero-order chi connectivity index (χ0) is 15.4. The predicted molar refractivity (Wildman–Crippen MR) is 79.1 cm³/mol. The minimum absolute atomic E-state index is 0.0422. The van der Waals surface area contributed by atoms with Gasteiger partial charge in [0, 0.05) is 40.0 Å². The fourth-order valence-corrected chi connectivity index (χ4v) is 2.26. The lowest BCUT2D eigenvalue weighted by atomic mass is 10.1. The van der Waals surface area contributed by atoms with Crippen molar-refractivity contribution in [3.8, 4) is 0 Å². The van der Waals surface area contributed by atoms with E-state index in [-0.39, 0.29) is 17.7 Å². The monoisotopic (exact) mass is 289 g/mol. The molecule has 0 unspecified atom stereocenters. The summed E-state index contributed by atoms with van der Waals surface area (Å²) >= 11 is 0. The van der Waals surface area contributed by atoms with Crippen molar-refractivity contribution < 1.29 is 14.4 Å². The van der Waals surface area contributed by atoms with Crippen LogP contribution in [0.4, 0.5) is 5.69 Å². The molecule has 21 heavy (non-hydrogen) atoms. The van der Waals surface area contributed by atoms with E-state index < -0.39 is 0 Å². The molecule has 1 aliphatic rings. The Morgan fingerprint density at radius 2 is 1.95 bits per heavy atom. The summed E-state index contributed by atoms with van der Waals surface area (Å²) in [5.41, 5.74) is 1.06. The molecule has 0 radical (unpaired) electrons. The van der Waals surface area contributed by atoms with E-state index in [0.29, 0.717) is 37.3 Å². The number of nitrogens with zero attached hydrogens (tertiary/aromatic N) is 2. The maximum Gasteiger partial charge on any atom is 0.256 e. The van der Waals surface area contributed by atoms with Crippen molar-refractivity contribution in [2.45, 2.75) is 13.3 Å². The van der Waals surface area contributed by atoms with Crippen LogP contribution in [0.5, 0.6) is 0 Å². The third kappa shape index (κ3) is 3.39. The molecule has 0 aromatic heterocycles. The largest absolute Gasteiger partial charge is 0.354 e. The molecule has 1 N–H and O–H groups in total. The summed E-state index contributed by atoms with van der Waals surface area (Å²) in [7, 11) is 1.64. The zero-order valence-electron chi connectivity index (χ0n) is 12.3. The first kappa shape index (κ1) is 15.0. The molecule has 6 nitrogen and oxygen atoms in total. The lowest BCUT2D eigenvalue weighted by Crippen LogP contribution is -2.35. The van der Waals surface area contributed by atoms with Gasteiger partial charge in [-0.25, -0.2) is 0 Å². The number of anilines is 1. The summed E-state index contributed by atoms with van der Waals surface area (Å²) in [5, 5.41) is 2.74. The number of carbonyl (C=O) groups excluding carboxylic acids is 3. The summed E-state index contributed by atoms with van der Waals surface area (Å²) in [5.74, 6) is -0.336. The predicted octanol–water partition coefficient (Wildman–Crippen LogP) is 0.631. The number of nitrogens with one attached hydrogen (secondary N) is 1. The molecule has 0 aliphatic carbocycles. The lowest BCUT2D eigenvalue weighted by Gasteiger charge is -2.24. The first-order valence-electron chi connectivity index (χ1n) is 6.90. The van der Waals surface area contributed by atoms with Gasteiger partial charge in [0.25, 0.3) is 5.91 Å². The molecule has 1 heterocycles. The molecule has 3 amide bonds. The Balaban J connectivity index is 2.26. The van der Waals surface area contributed by atoms with Gasteiger partial charge in [0.15, 0.2) is 0 Å². The molecule has 1 fully saturated rings. The highest BCUT2D eigenvalue weighted by molar-refractivity contribution is 6.04. The van der Waals surface area contributed by atoms with Gasteiger partial charge < -0.3 is 15.1 Å². The van der Waals surface area contributed by atoms with Crippen LogP contribution >= 0.6 is 0 Å². The van der Waals surface area contributed by atoms with Crippen LogP contribution in [0.1, 0.15) is 23.7 Å². The van der Waals surface area contributed by atoms with Gasteiger partial charge in [-0.2, -0.15) is 0 Å². The van der Waals surface area contributed by atoms with Gasteiger partial charge >= 0.3 is 0 Å². The summed E-state index contributed by atoms with van der Waals surface area (Å²) in [6.45, 7) is 2.77. The summed E-state index contributed by atoms with van der Waals surface area (Å²) in [6.07, 6.45) is 0.302. The van der Waals surface area contributed by atoms with E-state index >= 15 is 0 Å². The molecular weight excluding hydrogens is 270 g/mol. The second-order valence-electron chi connectivity index (χ2n) is 4.99. The van der Waals surface area contributed by atoms with E-state index in [2.05, 4.69) is 5.32 Å². The van der Waals surface area contributed by atoms with Gasteiger partial charge in [0.1, 0.15) is 0 Å². The van der Waals surface area contributed by atoms with Crippen LogP contribution in [0.25, 0.3) is 0 Å². The van der Waals surface area contributed by atoms with Gasteiger partial charge in [-0.1, -0.05) is 12.1 Å². The molecule has 1 saturated heterocycles. The van der Waals surface area contributed by atoms with E-state index in [4.69, 9.17) is 0 Å². The second-order valence-corrected chi connectivity index (χ2v) is 4.99. The molecular formula is C15H19N3O3. The van der Waals surface area contributed by atoms with Crippen LogP contribution < -0.4 is 10.2 Å². The fourth-order valence-electron chi connectivity index (χ4n) is 2.26. The number of rotatable bonds is 2. The molecule has 0 saturated carbocycles. The van der Waals surface area contributed by atoms with Crippen molar-refractivity contribution >= 4 is 23.4 Å². The van der Waals surface area contributed by atoms with Gasteiger partial charge in [0.2, 0.25) is 11.8 Å². The van der Waals surface area contributed by atoms with Crippen LogP contribution in [-0.4, -0.2) is 49.3 Å². The molecule has 1 aliphatic heterocycles. The van der Waals surface area contributed by atoms with E-state index in [1.165, 1.54) is 11.8 Å². The van der Waals surface area contributed by atoms with E-state index in [1.807, 2.05) is 0 Å². The van der Waals surface area contributed by atoms with Gasteiger partial charge in [-0.05, 0) is 12.1 Å². The Morgan fingerprint density at radius 3 is 2.67 bits per heavy atom. The summed E-state index contributed by atoms with van der Waals surface area (Å²) in [4.78, 5) is 38.6. The highest BCUT2D eigenvalue weighted by Gasteiger charge is 2.23. The van der Waals surface area contributed by atoms with Crippen molar-refractivity contribution in [3.05, 3.63) is 29.8 Å². The molecule has 0 atom stereocenters. The van der Waals surface area contributed by atoms with Crippen LogP contribution in [0.15, 0.2) is 24.3 Å². The number of amides is 3. The Morgan fingerprint density at radius 1 is 1.24 bits per heavy atom. The van der Waals surface area contributed by atoms with Crippen LogP contribution in [0, 0.1) is 0 Å². The molecule has 1 aromatic rings. The topological polar surface area (TPSA) is 69.7 Å². The molecule has 112 valence electrons. The number of carbonyl (C=O) groups is 3. The van der Waals surface area contributed by atoms with Gasteiger partial charge in [-0.3, -0.25) is 14.4 Å². The van der Waals surface area contributed by atoms with Crippen LogP contribution in [-0.2, 0) is 9.59 Å². The third-order valence-corrected chi connectivity index (χ3v) is 3.57. The van der Waals surface area contributed by atoms with Gasteiger partial charge in [0.05, 0.1) is 11.3 Å². The van der Waals surface area contributed by atoms with Crippen molar-refractivity contribution in [3.63, 3.8) is 0 Å². The van der Waals surface area contributed by atoms with Gasteiger partial charge in [-0.15, -0.1) is 0 Å². The van der Waals surface area contributed by atoms with Crippen LogP contribution in [0.3, 0.4) is 0 Å². The Hall–Kier alpha value is -2.37. The average Bonchev–Trinajstić information content (AvgIpc) is 2.70. The van der Waals surface area contributed by atoms with Crippen molar-refractivity contribution in [1.82, 2.24) is 10.2 Å². The third-order valence-electron chi connectivity index (χ3n) is 3.57. The van der Waals surface area contributed by atoms with E-state index in [9.17, 15) is 14.4 Å². The first-order valence-corrected chi connectivity index (χ1v) is 6.90. The zero-order valence-corrected chi connectivity index (χ0v) is 12.3. The molecule has 2 rings (SSSR count). The standard InChI is InChI=1S/C15H19N3O3/c1-11(19)17(2)13-6-4-3-5-12(13)15(21)18-9-7-14(20)16-8-10-18/h3-6H,7-10H2,1-2H3,(H,16,20). The Bertz CT molecular complexity index is 571. The Kier molecular flexibility index (Phi) is 4.57. The lowest BCUT2D eigenvalue weighted by molar-refractivity contribution is -0.120. The number of hydrogen-bond acceptors (Lipinski definition) is 3.